The van der Waals surface area contributed by atoms with E-state index in [0.717, 1.165) is 16.7 Å². The van der Waals surface area contributed by atoms with Crippen molar-refractivity contribution in [3.8, 4) is 5.75 Å². The van der Waals surface area contributed by atoms with Gasteiger partial charge in [-0.3, -0.25) is 9.63 Å². The summed E-state index contributed by atoms with van der Waals surface area (Å²) >= 11 is 0. The van der Waals surface area contributed by atoms with E-state index in [9.17, 15) is 9.90 Å². The molecular weight excluding hydrogens is 208 g/mol. The highest BCUT2D eigenvalue weighted by molar-refractivity contribution is 5.74. The minimum atomic E-state index is -0.523. The van der Waals surface area contributed by atoms with E-state index in [1.807, 2.05) is 26.0 Å². The Morgan fingerprint density at radius 1 is 1.44 bits per heavy atom. The second kappa shape index (κ2) is 5.48. The minimum absolute atomic E-state index is 0.157. The van der Waals surface area contributed by atoms with Crippen molar-refractivity contribution in [1.82, 2.24) is 5.48 Å². The van der Waals surface area contributed by atoms with Crippen molar-refractivity contribution in [2.45, 2.75) is 20.4 Å². The molecule has 0 aliphatic rings. The summed E-state index contributed by atoms with van der Waals surface area (Å²) in [7, 11) is 0. The van der Waals surface area contributed by atoms with Crippen molar-refractivity contribution in [3.05, 3.63) is 28.8 Å². The van der Waals surface area contributed by atoms with Crippen molar-refractivity contribution < 1.29 is 14.7 Å². The molecule has 16 heavy (non-hydrogen) atoms. The standard InChI is InChI=1S/C11H16N2O3/c1-7-3-9(4-8(2)11(7)15)5-13-16-6-10(12)14/h3-4,13,15H,5-6H2,1-2H3,(H2,12,14). The number of phenolic OH excluding ortho intramolecular Hbond substituents is 1. The molecule has 0 fully saturated rings. The van der Waals surface area contributed by atoms with Crippen LogP contribution < -0.4 is 11.2 Å². The molecule has 0 spiro atoms. The number of amides is 1. The maximum Gasteiger partial charge on any atom is 0.245 e. The van der Waals surface area contributed by atoms with E-state index in [-0.39, 0.29) is 6.61 Å². The number of carbonyl (C=O) groups excluding carboxylic acids is 1. The van der Waals surface area contributed by atoms with Crippen molar-refractivity contribution >= 4 is 5.91 Å². The fourth-order valence-corrected chi connectivity index (χ4v) is 1.40. The fourth-order valence-electron chi connectivity index (χ4n) is 1.40. The van der Waals surface area contributed by atoms with Gasteiger partial charge in [0.2, 0.25) is 5.91 Å². The van der Waals surface area contributed by atoms with Gasteiger partial charge in [0.25, 0.3) is 0 Å². The number of nitrogens with one attached hydrogen (secondary N) is 1. The molecule has 0 aliphatic heterocycles. The molecule has 1 amide bonds. The Balaban J connectivity index is 2.52. The molecule has 0 unspecified atom stereocenters. The van der Waals surface area contributed by atoms with Gasteiger partial charge in [-0.2, -0.15) is 5.48 Å². The van der Waals surface area contributed by atoms with Crippen LogP contribution in [0.2, 0.25) is 0 Å². The van der Waals surface area contributed by atoms with E-state index in [1.165, 1.54) is 0 Å². The lowest BCUT2D eigenvalue weighted by atomic mass is 10.1. The first-order valence-electron chi connectivity index (χ1n) is 4.92. The van der Waals surface area contributed by atoms with Crippen LogP contribution in [-0.2, 0) is 16.2 Å². The van der Waals surface area contributed by atoms with Crippen LogP contribution in [0.5, 0.6) is 5.75 Å². The Bertz CT molecular complexity index is 368. The highest BCUT2D eigenvalue weighted by Gasteiger charge is 2.03. The van der Waals surface area contributed by atoms with Crippen molar-refractivity contribution in [3.63, 3.8) is 0 Å². The van der Waals surface area contributed by atoms with Gasteiger partial charge >= 0.3 is 0 Å². The average molecular weight is 224 g/mol. The van der Waals surface area contributed by atoms with Crippen LogP contribution in [-0.4, -0.2) is 17.6 Å². The van der Waals surface area contributed by atoms with Crippen LogP contribution in [0.4, 0.5) is 0 Å². The van der Waals surface area contributed by atoms with E-state index in [2.05, 4.69) is 5.48 Å². The van der Waals surface area contributed by atoms with Crippen LogP contribution in [0, 0.1) is 13.8 Å². The van der Waals surface area contributed by atoms with Gasteiger partial charge < -0.3 is 10.8 Å². The molecular formula is C11H16N2O3. The van der Waals surface area contributed by atoms with Crippen LogP contribution in [0.15, 0.2) is 12.1 Å². The predicted octanol–water partition coefficient (Wildman–Crippen LogP) is 0.516. The number of nitrogens with two attached hydrogens (primary N) is 1. The van der Waals surface area contributed by atoms with Gasteiger partial charge in [-0.15, -0.1) is 0 Å². The highest BCUT2D eigenvalue weighted by atomic mass is 16.6. The molecule has 1 rings (SSSR count). The molecule has 0 bridgehead atoms. The van der Waals surface area contributed by atoms with E-state index in [4.69, 9.17) is 10.6 Å². The zero-order valence-electron chi connectivity index (χ0n) is 9.41. The summed E-state index contributed by atoms with van der Waals surface area (Å²) in [6.45, 7) is 3.96. The third kappa shape index (κ3) is 3.52. The number of primary amides is 1. The molecule has 0 radical (unpaired) electrons. The maximum absolute atomic E-state index is 10.4. The van der Waals surface area contributed by atoms with Gasteiger partial charge in [0.1, 0.15) is 12.4 Å². The average Bonchev–Trinajstić information content (AvgIpc) is 2.20. The SMILES string of the molecule is Cc1cc(CNOCC(N)=O)cc(C)c1O. The monoisotopic (exact) mass is 224 g/mol. The van der Waals surface area contributed by atoms with Crippen LogP contribution in [0.25, 0.3) is 0 Å². The molecule has 1 aromatic carbocycles. The third-order valence-corrected chi connectivity index (χ3v) is 2.14. The Labute approximate surface area is 94.2 Å². The molecule has 1 aromatic rings. The van der Waals surface area contributed by atoms with Gasteiger partial charge in [-0.25, -0.2) is 0 Å². The summed E-state index contributed by atoms with van der Waals surface area (Å²) in [5.74, 6) is -0.215. The van der Waals surface area contributed by atoms with Crippen molar-refractivity contribution in [2.24, 2.45) is 5.73 Å². The minimum Gasteiger partial charge on any atom is -0.507 e. The summed E-state index contributed by atoms with van der Waals surface area (Å²) in [6.07, 6.45) is 0. The molecule has 0 heterocycles. The lowest BCUT2D eigenvalue weighted by Gasteiger charge is -2.08. The van der Waals surface area contributed by atoms with Crippen LogP contribution in [0.3, 0.4) is 0 Å². The quantitative estimate of drug-likeness (QED) is 0.502. The van der Waals surface area contributed by atoms with Gasteiger partial charge in [0, 0.05) is 6.54 Å². The molecule has 4 N–H and O–H groups in total. The third-order valence-electron chi connectivity index (χ3n) is 2.14. The van der Waals surface area contributed by atoms with Crippen LogP contribution in [0.1, 0.15) is 16.7 Å². The number of hydrogen-bond donors (Lipinski definition) is 3. The number of rotatable bonds is 5. The van der Waals surface area contributed by atoms with Gasteiger partial charge in [0.05, 0.1) is 0 Å². The largest absolute Gasteiger partial charge is 0.507 e. The zero-order chi connectivity index (χ0) is 12.1. The Morgan fingerprint density at radius 2 is 2.00 bits per heavy atom. The first kappa shape index (κ1) is 12.5. The zero-order valence-corrected chi connectivity index (χ0v) is 9.41. The van der Waals surface area contributed by atoms with Crippen molar-refractivity contribution in [2.75, 3.05) is 6.61 Å². The molecule has 0 aliphatic carbocycles. The molecule has 5 heteroatoms. The topological polar surface area (TPSA) is 84.6 Å². The maximum atomic E-state index is 10.4. The molecule has 0 saturated heterocycles. The summed E-state index contributed by atoms with van der Waals surface area (Å²) in [5, 5.41) is 9.56. The second-order valence-electron chi connectivity index (χ2n) is 3.65. The van der Waals surface area contributed by atoms with Gasteiger partial charge in [-0.1, -0.05) is 12.1 Å². The second-order valence-corrected chi connectivity index (χ2v) is 3.65. The Morgan fingerprint density at radius 3 is 2.50 bits per heavy atom. The van der Waals surface area contributed by atoms with E-state index < -0.39 is 5.91 Å². The number of phenols is 1. The first-order chi connectivity index (χ1) is 7.50. The van der Waals surface area contributed by atoms with Gasteiger partial charge in [0.15, 0.2) is 0 Å². The fraction of sp³-hybridized carbons (Fsp3) is 0.364. The summed E-state index contributed by atoms with van der Waals surface area (Å²) in [4.78, 5) is 15.2. The summed E-state index contributed by atoms with van der Waals surface area (Å²) in [6, 6.07) is 3.70. The molecule has 0 saturated carbocycles. The van der Waals surface area contributed by atoms with E-state index in [0.29, 0.717) is 12.3 Å². The Hall–Kier alpha value is -1.59. The number of benzene rings is 1. The van der Waals surface area contributed by atoms with Gasteiger partial charge in [-0.05, 0) is 30.5 Å². The van der Waals surface area contributed by atoms with Crippen LogP contribution >= 0.6 is 0 Å². The molecule has 0 atom stereocenters. The number of carbonyl (C=O) groups is 1. The smallest absolute Gasteiger partial charge is 0.245 e. The lowest BCUT2D eigenvalue weighted by molar-refractivity contribution is -0.125. The lowest BCUT2D eigenvalue weighted by Crippen LogP contribution is -2.24. The molecule has 0 aromatic heterocycles. The predicted molar refractivity (Wildman–Crippen MR) is 59.6 cm³/mol. The number of hydroxylamine groups is 1. The Kier molecular flexibility index (Phi) is 4.28. The summed E-state index contributed by atoms with van der Waals surface area (Å²) in [5.41, 5.74) is 10.1. The number of aryl methyl sites for hydroxylation is 2. The molecule has 88 valence electrons. The van der Waals surface area contributed by atoms with E-state index in [1.54, 1.807) is 0 Å². The molecule has 5 nitrogen and oxygen atoms in total. The summed E-state index contributed by atoms with van der Waals surface area (Å²) < 4.78 is 0. The normalized spacial score (nSPS) is 10.4. The van der Waals surface area contributed by atoms with Crippen molar-refractivity contribution in [1.29, 1.82) is 0 Å². The first-order valence-corrected chi connectivity index (χ1v) is 4.92. The highest BCUT2D eigenvalue weighted by Crippen LogP contribution is 2.22. The van der Waals surface area contributed by atoms with E-state index >= 15 is 0 Å². The number of aromatic hydroxyl groups is 1. The number of hydrogen-bond acceptors (Lipinski definition) is 4.